The Morgan fingerprint density at radius 1 is 1.67 bits per heavy atom. The summed E-state index contributed by atoms with van der Waals surface area (Å²) in [4.78, 5) is 23.5. The fraction of sp³-hybridized carbons (Fsp3) is 0.462. The van der Waals surface area contributed by atoms with E-state index in [1.54, 1.807) is 19.1 Å². The molecule has 0 aromatic carbocycles. The number of hydrogen-bond donors (Lipinski definition) is 1. The third-order valence-electron chi connectivity index (χ3n) is 3.01. The highest BCUT2D eigenvalue weighted by Crippen LogP contribution is 2.38. The third kappa shape index (κ3) is 2.67. The van der Waals surface area contributed by atoms with Crippen molar-refractivity contribution in [1.29, 1.82) is 0 Å². The smallest absolute Gasteiger partial charge is 0.267 e. The first-order valence-electron chi connectivity index (χ1n) is 6.12. The first kappa shape index (κ1) is 12.5. The molecule has 0 spiro atoms. The van der Waals surface area contributed by atoms with E-state index in [0.29, 0.717) is 12.5 Å². The maximum Gasteiger partial charge on any atom is 0.267 e. The molecule has 0 radical (unpaired) electrons. The number of nitrogens with zero attached hydrogens (tertiary/aromatic N) is 2. The SMILES string of the molecule is C=CCNC(=O)C(C)n1nc(C2CC2)ccc1=O. The van der Waals surface area contributed by atoms with Gasteiger partial charge in [0.15, 0.2) is 0 Å². The fourth-order valence-electron chi connectivity index (χ4n) is 1.75. The van der Waals surface area contributed by atoms with Crippen molar-refractivity contribution in [1.82, 2.24) is 15.1 Å². The molecule has 0 aliphatic heterocycles. The summed E-state index contributed by atoms with van der Waals surface area (Å²) in [6, 6.07) is 2.64. The topological polar surface area (TPSA) is 64.0 Å². The summed E-state index contributed by atoms with van der Waals surface area (Å²) in [5.74, 6) is 0.234. The highest BCUT2D eigenvalue weighted by Gasteiger charge is 2.26. The molecule has 1 amide bonds. The van der Waals surface area contributed by atoms with Crippen LogP contribution >= 0.6 is 0 Å². The van der Waals surface area contributed by atoms with E-state index in [2.05, 4.69) is 17.0 Å². The Balaban J connectivity index is 2.20. The second kappa shape index (κ2) is 5.16. The molecule has 5 heteroatoms. The van der Waals surface area contributed by atoms with Crippen molar-refractivity contribution in [3.63, 3.8) is 0 Å². The minimum Gasteiger partial charge on any atom is -0.351 e. The van der Waals surface area contributed by atoms with Crippen LogP contribution in [0.4, 0.5) is 0 Å². The number of rotatable bonds is 5. The largest absolute Gasteiger partial charge is 0.351 e. The number of hydrogen-bond acceptors (Lipinski definition) is 3. The van der Waals surface area contributed by atoms with Crippen LogP contribution in [0.2, 0.25) is 0 Å². The highest BCUT2D eigenvalue weighted by molar-refractivity contribution is 5.79. The van der Waals surface area contributed by atoms with Gasteiger partial charge in [0.05, 0.1) is 5.69 Å². The molecule has 1 aliphatic carbocycles. The standard InChI is InChI=1S/C13H17N3O2/c1-3-8-14-13(18)9(2)16-12(17)7-6-11(15-16)10-4-5-10/h3,6-7,9-10H,1,4-5,8H2,2H3,(H,14,18). The van der Waals surface area contributed by atoms with Crippen LogP contribution in [-0.2, 0) is 4.79 Å². The quantitative estimate of drug-likeness (QED) is 0.789. The van der Waals surface area contributed by atoms with Crippen LogP contribution in [0, 0.1) is 0 Å². The second-order valence-electron chi connectivity index (χ2n) is 4.53. The van der Waals surface area contributed by atoms with Crippen molar-refractivity contribution in [2.75, 3.05) is 6.54 Å². The van der Waals surface area contributed by atoms with Gasteiger partial charge in [-0.05, 0) is 25.8 Å². The lowest BCUT2D eigenvalue weighted by atomic mass is 10.2. The maximum absolute atomic E-state index is 11.8. The molecule has 1 aromatic heterocycles. The van der Waals surface area contributed by atoms with E-state index in [0.717, 1.165) is 18.5 Å². The lowest BCUT2D eigenvalue weighted by molar-refractivity contribution is -0.124. The molecule has 96 valence electrons. The van der Waals surface area contributed by atoms with Gasteiger partial charge in [0.1, 0.15) is 6.04 Å². The minimum absolute atomic E-state index is 0.225. The van der Waals surface area contributed by atoms with Gasteiger partial charge in [-0.3, -0.25) is 9.59 Å². The van der Waals surface area contributed by atoms with Crippen LogP contribution in [0.1, 0.15) is 37.4 Å². The van der Waals surface area contributed by atoms with E-state index in [-0.39, 0.29) is 11.5 Å². The van der Waals surface area contributed by atoms with Gasteiger partial charge in [0.2, 0.25) is 5.91 Å². The summed E-state index contributed by atoms with van der Waals surface area (Å²) in [5.41, 5.74) is 0.652. The first-order valence-corrected chi connectivity index (χ1v) is 6.12. The van der Waals surface area contributed by atoms with Crippen molar-refractivity contribution in [2.24, 2.45) is 0 Å². The van der Waals surface area contributed by atoms with Crippen LogP contribution in [0.5, 0.6) is 0 Å². The zero-order valence-electron chi connectivity index (χ0n) is 10.4. The van der Waals surface area contributed by atoms with Gasteiger partial charge in [-0.15, -0.1) is 6.58 Å². The third-order valence-corrected chi connectivity index (χ3v) is 3.01. The Hall–Kier alpha value is -1.91. The molecule has 0 saturated heterocycles. The molecule has 1 N–H and O–H groups in total. The fourth-order valence-corrected chi connectivity index (χ4v) is 1.75. The van der Waals surface area contributed by atoms with Crippen LogP contribution in [0.15, 0.2) is 29.6 Å². The Labute approximate surface area is 106 Å². The highest BCUT2D eigenvalue weighted by atomic mass is 16.2. The molecule has 1 heterocycles. The lowest BCUT2D eigenvalue weighted by Gasteiger charge is -2.14. The Morgan fingerprint density at radius 2 is 2.39 bits per heavy atom. The number of amides is 1. The molecular weight excluding hydrogens is 230 g/mol. The minimum atomic E-state index is -0.601. The summed E-state index contributed by atoms with van der Waals surface area (Å²) in [6.07, 6.45) is 3.83. The molecule has 1 unspecified atom stereocenters. The number of nitrogens with one attached hydrogen (secondary N) is 1. The summed E-state index contributed by atoms with van der Waals surface area (Å²) in [7, 11) is 0. The van der Waals surface area contributed by atoms with E-state index in [1.165, 1.54) is 10.7 Å². The van der Waals surface area contributed by atoms with E-state index >= 15 is 0 Å². The summed E-state index contributed by atoms with van der Waals surface area (Å²) < 4.78 is 1.26. The molecule has 1 aliphatic rings. The molecule has 1 saturated carbocycles. The first-order chi connectivity index (χ1) is 8.63. The van der Waals surface area contributed by atoms with Gasteiger partial charge in [-0.2, -0.15) is 5.10 Å². The molecule has 18 heavy (non-hydrogen) atoms. The lowest BCUT2D eigenvalue weighted by Crippen LogP contribution is -2.37. The average Bonchev–Trinajstić information content (AvgIpc) is 3.20. The van der Waals surface area contributed by atoms with Crippen LogP contribution < -0.4 is 10.9 Å². The summed E-state index contributed by atoms with van der Waals surface area (Å²) in [5, 5.41) is 6.95. The van der Waals surface area contributed by atoms with Crippen molar-refractivity contribution in [3.8, 4) is 0 Å². The molecule has 0 bridgehead atoms. The Kier molecular flexibility index (Phi) is 3.60. The van der Waals surface area contributed by atoms with Gasteiger partial charge < -0.3 is 5.32 Å². The van der Waals surface area contributed by atoms with E-state index in [4.69, 9.17) is 0 Å². The molecule has 1 fully saturated rings. The molecule has 2 rings (SSSR count). The van der Waals surface area contributed by atoms with E-state index in [1.807, 2.05) is 0 Å². The Morgan fingerprint density at radius 3 is 3.00 bits per heavy atom. The van der Waals surface area contributed by atoms with Gasteiger partial charge in [-0.25, -0.2) is 4.68 Å². The van der Waals surface area contributed by atoms with Gasteiger partial charge in [0.25, 0.3) is 5.56 Å². The van der Waals surface area contributed by atoms with Crippen LogP contribution in [-0.4, -0.2) is 22.2 Å². The zero-order valence-corrected chi connectivity index (χ0v) is 10.4. The predicted octanol–water partition coefficient (Wildman–Crippen LogP) is 0.984. The molecular formula is C13H17N3O2. The van der Waals surface area contributed by atoms with Gasteiger partial charge in [-0.1, -0.05) is 6.08 Å². The molecule has 1 atom stereocenters. The van der Waals surface area contributed by atoms with Gasteiger partial charge >= 0.3 is 0 Å². The van der Waals surface area contributed by atoms with Crippen molar-refractivity contribution >= 4 is 5.91 Å². The maximum atomic E-state index is 11.8. The number of aromatic nitrogens is 2. The van der Waals surface area contributed by atoms with Crippen LogP contribution in [0.3, 0.4) is 0 Å². The van der Waals surface area contributed by atoms with E-state index < -0.39 is 6.04 Å². The van der Waals surface area contributed by atoms with Crippen LogP contribution in [0.25, 0.3) is 0 Å². The summed E-state index contributed by atoms with van der Waals surface area (Å²) >= 11 is 0. The average molecular weight is 247 g/mol. The predicted molar refractivity (Wildman–Crippen MR) is 68.4 cm³/mol. The van der Waals surface area contributed by atoms with E-state index in [9.17, 15) is 9.59 Å². The van der Waals surface area contributed by atoms with Crippen molar-refractivity contribution < 1.29 is 4.79 Å². The normalized spacial score (nSPS) is 16.1. The Bertz CT molecular complexity index is 517. The number of carbonyl (C=O) groups excluding carboxylic acids is 1. The molecule has 5 nitrogen and oxygen atoms in total. The van der Waals surface area contributed by atoms with Crippen molar-refractivity contribution in [2.45, 2.75) is 31.7 Å². The second-order valence-corrected chi connectivity index (χ2v) is 4.53. The van der Waals surface area contributed by atoms with Crippen molar-refractivity contribution in [3.05, 3.63) is 40.8 Å². The monoisotopic (exact) mass is 247 g/mol. The van der Waals surface area contributed by atoms with Gasteiger partial charge in [0, 0.05) is 18.5 Å². The zero-order chi connectivity index (χ0) is 13.1. The molecule has 1 aromatic rings. The number of carbonyl (C=O) groups is 1. The summed E-state index contributed by atoms with van der Waals surface area (Å²) in [6.45, 7) is 5.59.